The number of aryl methyl sites for hydroxylation is 1. The summed E-state index contributed by atoms with van der Waals surface area (Å²) in [7, 11) is -0.251. The molecule has 9 heteroatoms. The molecule has 1 atom stereocenters. The minimum atomic E-state index is -3.24. The fourth-order valence-electron chi connectivity index (χ4n) is 2.20. The Kier molecular flexibility index (Phi) is 4.84. The molecule has 0 saturated heterocycles. The van der Waals surface area contributed by atoms with Gasteiger partial charge in [0.1, 0.15) is 5.92 Å². The van der Waals surface area contributed by atoms with E-state index in [4.69, 9.17) is 0 Å². The Morgan fingerprint density at radius 2 is 2.24 bits per heavy atom. The Bertz CT molecular complexity index is 624. The topological polar surface area (TPSA) is 99.6 Å². The average molecular weight is 333 g/mol. The first-order valence-electron chi connectivity index (χ1n) is 6.67. The van der Waals surface area contributed by atoms with E-state index in [1.807, 2.05) is 0 Å². The number of nitrogens with one attached hydrogen (secondary N) is 1. The van der Waals surface area contributed by atoms with E-state index in [1.54, 1.807) is 0 Å². The normalized spacial score (nSPS) is 18.5. The number of carboxylic acids is 1. The summed E-state index contributed by atoms with van der Waals surface area (Å²) in [6, 6.07) is 0. The number of thiazole rings is 1. The zero-order valence-corrected chi connectivity index (χ0v) is 13.6. The maximum atomic E-state index is 11.6. The molecule has 7 nitrogen and oxygen atoms in total. The molecule has 118 valence electrons. The van der Waals surface area contributed by atoms with Crippen molar-refractivity contribution in [3.63, 3.8) is 0 Å². The lowest BCUT2D eigenvalue weighted by Gasteiger charge is -2.16. The van der Waals surface area contributed by atoms with Crippen molar-refractivity contribution in [3.8, 4) is 0 Å². The van der Waals surface area contributed by atoms with Crippen LogP contribution in [0.25, 0.3) is 0 Å². The quantitative estimate of drug-likeness (QED) is 0.804. The highest BCUT2D eigenvalue weighted by Gasteiger charge is 2.30. The van der Waals surface area contributed by atoms with Crippen molar-refractivity contribution >= 4 is 32.5 Å². The highest BCUT2D eigenvalue weighted by molar-refractivity contribution is 7.89. The molecule has 0 amide bonds. The molecule has 1 aliphatic carbocycles. The Balaban J connectivity index is 2.02. The molecule has 1 aromatic rings. The number of sulfonamides is 1. The van der Waals surface area contributed by atoms with E-state index >= 15 is 0 Å². The van der Waals surface area contributed by atoms with Gasteiger partial charge >= 0.3 is 5.97 Å². The van der Waals surface area contributed by atoms with Gasteiger partial charge in [-0.3, -0.25) is 4.79 Å². The van der Waals surface area contributed by atoms with E-state index in [0.29, 0.717) is 17.2 Å². The number of rotatable bonds is 6. The van der Waals surface area contributed by atoms with E-state index in [9.17, 15) is 18.3 Å². The number of carbonyl (C=O) groups is 1. The van der Waals surface area contributed by atoms with Crippen LogP contribution >= 0.6 is 11.3 Å². The molecule has 2 rings (SSSR count). The summed E-state index contributed by atoms with van der Waals surface area (Å²) < 4.78 is 24.5. The molecular weight excluding hydrogens is 314 g/mol. The fraction of sp³-hybridized carbons (Fsp3) is 0.667. The highest BCUT2D eigenvalue weighted by atomic mass is 32.2. The Morgan fingerprint density at radius 1 is 1.52 bits per heavy atom. The van der Waals surface area contributed by atoms with Crippen molar-refractivity contribution in [2.24, 2.45) is 0 Å². The standard InChI is InChI=1S/C12H19N3O4S2/c1-15(2)21(18,19)7-6-13-12-14-10-8(11(16)17)4-3-5-9(10)20-12/h8H,3-7H2,1-2H3,(H,13,14)(H,16,17). The van der Waals surface area contributed by atoms with Crippen molar-refractivity contribution in [1.82, 2.24) is 9.29 Å². The summed E-state index contributed by atoms with van der Waals surface area (Å²) >= 11 is 1.42. The van der Waals surface area contributed by atoms with E-state index in [2.05, 4.69) is 10.3 Å². The average Bonchev–Trinajstić information content (AvgIpc) is 2.80. The number of fused-ring (bicyclic) bond motifs is 1. The van der Waals surface area contributed by atoms with Crippen molar-refractivity contribution in [3.05, 3.63) is 10.6 Å². The molecule has 0 spiro atoms. The van der Waals surface area contributed by atoms with Gasteiger partial charge in [0.2, 0.25) is 10.0 Å². The van der Waals surface area contributed by atoms with Crippen molar-refractivity contribution < 1.29 is 18.3 Å². The molecule has 1 aliphatic rings. The monoisotopic (exact) mass is 333 g/mol. The zero-order chi connectivity index (χ0) is 15.6. The summed E-state index contributed by atoms with van der Waals surface area (Å²) in [6.07, 6.45) is 2.30. The number of nitrogens with zero attached hydrogens (tertiary/aromatic N) is 2. The van der Waals surface area contributed by atoms with Crippen LogP contribution in [0.1, 0.15) is 29.3 Å². The Labute approximate surface area is 128 Å². The lowest BCUT2D eigenvalue weighted by molar-refractivity contribution is -0.139. The molecule has 2 N–H and O–H groups in total. The molecule has 0 bridgehead atoms. The van der Waals surface area contributed by atoms with Crippen molar-refractivity contribution in [2.45, 2.75) is 25.2 Å². The van der Waals surface area contributed by atoms with Crippen LogP contribution in [0.15, 0.2) is 0 Å². The van der Waals surface area contributed by atoms with E-state index < -0.39 is 21.9 Å². The highest BCUT2D eigenvalue weighted by Crippen LogP contribution is 2.36. The first-order valence-corrected chi connectivity index (χ1v) is 9.10. The molecule has 0 fully saturated rings. The number of hydrogen-bond acceptors (Lipinski definition) is 6. The smallest absolute Gasteiger partial charge is 0.312 e. The van der Waals surface area contributed by atoms with Gasteiger partial charge in [-0.05, 0) is 19.3 Å². The molecular formula is C12H19N3O4S2. The number of hydrogen-bond donors (Lipinski definition) is 2. The first kappa shape index (κ1) is 16.2. The van der Waals surface area contributed by atoms with Gasteiger partial charge in [-0.2, -0.15) is 0 Å². The third kappa shape index (κ3) is 3.72. The van der Waals surface area contributed by atoms with E-state index in [1.165, 1.54) is 29.7 Å². The van der Waals surface area contributed by atoms with Gasteiger partial charge in [0, 0.05) is 25.5 Å². The molecule has 0 radical (unpaired) electrons. The fourth-order valence-corrected chi connectivity index (χ4v) is 4.02. The molecule has 0 aliphatic heterocycles. The van der Waals surface area contributed by atoms with Crippen LogP contribution in [-0.2, 0) is 21.2 Å². The van der Waals surface area contributed by atoms with Gasteiger partial charge in [0.05, 0.1) is 11.4 Å². The van der Waals surface area contributed by atoms with Gasteiger partial charge in [0.15, 0.2) is 5.13 Å². The number of aromatic nitrogens is 1. The van der Waals surface area contributed by atoms with Crippen LogP contribution in [0.4, 0.5) is 5.13 Å². The van der Waals surface area contributed by atoms with Gasteiger partial charge in [0.25, 0.3) is 0 Å². The summed E-state index contributed by atoms with van der Waals surface area (Å²) in [5.74, 6) is -1.40. The minimum absolute atomic E-state index is 0.0212. The largest absolute Gasteiger partial charge is 0.481 e. The van der Waals surface area contributed by atoms with Crippen LogP contribution in [-0.4, -0.2) is 55.2 Å². The minimum Gasteiger partial charge on any atom is -0.481 e. The third-order valence-electron chi connectivity index (χ3n) is 3.44. The van der Waals surface area contributed by atoms with Crippen LogP contribution in [0.5, 0.6) is 0 Å². The van der Waals surface area contributed by atoms with Gasteiger partial charge in [-0.15, -0.1) is 11.3 Å². The van der Waals surface area contributed by atoms with Gasteiger partial charge in [-0.1, -0.05) is 0 Å². The molecule has 1 aromatic heterocycles. The molecule has 1 heterocycles. The molecule has 0 aromatic carbocycles. The van der Waals surface area contributed by atoms with Crippen LogP contribution in [0, 0.1) is 0 Å². The van der Waals surface area contributed by atoms with Crippen LogP contribution < -0.4 is 5.32 Å². The predicted octanol–water partition coefficient (Wildman–Crippen LogP) is 0.951. The second-order valence-corrected chi connectivity index (χ2v) is 8.52. The van der Waals surface area contributed by atoms with Gasteiger partial charge < -0.3 is 10.4 Å². The third-order valence-corrected chi connectivity index (χ3v) is 6.37. The Hall–Kier alpha value is -1.19. The van der Waals surface area contributed by atoms with Crippen molar-refractivity contribution in [2.75, 3.05) is 31.7 Å². The second kappa shape index (κ2) is 6.29. The van der Waals surface area contributed by atoms with E-state index in [0.717, 1.165) is 17.7 Å². The zero-order valence-electron chi connectivity index (χ0n) is 12.0. The SMILES string of the molecule is CN(C)S(=O)(=O)CCNc1nc2c(s1)CCCC2C(=O)O. The summed E-state index contributed by atoms with van der Waals surface area (Å²) in [4.78, 5) is 16.5. The molecule has 21 heavy (non-hydrogen) atoms. The summed E-state index contributed by atoms with van der Waals surface area (Å²) in [6.45, 7) is 0.255. The number of carboxylic acid groups (broad SMARTS) is 1. The van der Waals surface area contributed by atoms with E-state index in [-0.39, 0.29) is 12.3 Å². The Morgan fingerprint density at radius 3 is 2.86 bits per heavy atom. The first-order chi connectivity index (χ1) is 9.81. The maximum absolute atomic E-state index is 11.6. The van der Waals surface area contributed by atoms with Crippen LogP contribution in [0.2, 0.25) is 0 Å². The van der Waals surface area contributed by atoms with Gasteiger partial charge in [-0.25, -0.2) is 17.7 Å². The van der Waals surface area contributed by atoms with Crippen LogP contribution in [0.3, 0.4) is 0 Å². The summed E-state index contributed by atoms with van der Waals surface area (Å²) in [5.41, 5.74) is 0.636. The lowest BCUT2D eigenvalue weighted by atomic mass is 9.91. The number of anilines is 1. The maximum Gasteiger partial charge on any atom is 0.312 e. The number of aliphatic carboxylic acids is 1. The summed E-state index contributed by atoms with van der Waals surface area (Å²) in [5, 5.41) is 12.8. The molecule has 1 unspecified atom stereocenters. The second-order valence-electron chi connectivity index (χ2n) is 5.14. The predicted molar refractivity (Wildman–Crippen MR) is 81.4 cm³/mol. The molecule has 0 saturated carbocycles. The lowest BCUT2D eigenvalue weighted by Crippen LogP contribution is -2.28. The van der Waals surface area contributed by atoms with Crippen molar-refractivity contribution in [1.29, 1.82) is 0 Å².